The molecule has 1 aromatic carbocycles. The van der Waals surface area contributed by atoms with Crippen LogP contribution in [0.5, 0.6) is 0 Å². The topological polar surface area (TPSA) is 93.7 Å². The molecule has 1 aliphatic rings. The lowest BCUT2D eigenvalue weighted by Crippen LogP contribution is -2.39. The quantitative estimate of drug-likeness (QED) is 0.481. The van der Waals surface area contributed by atoms with Gasteiger partial charge in [-0.25, -0.2) is 14.8 Å². The van der Waals surface area contributed by atoms with E-state index in [9.17, 15) is 9.59 Å². The molecule has 9 heteroatoms. The molecule has 33 heavy (non-hydrogen) atoms. The van der Waals surface area contributed by atoms with E-state index in [0.717, 1.165) is 17.7 Å². The van der Waals surface area contributed by atoms with Crippen molar-refractivity contribution in [2.45, 2.75) is 65.5 Å². The summed E-state index contributed by atoms with van der Waals surface area (Å²) in [6.45, 7) is 12.1. The molecule has 1 amide bonds. The van der Waals surface area contributed by atoms with Gasteiger partial charge in [-0.3, -0.25) is 4.79 Å². The lowest BCUT2D eigenvalue weighted by Gasteiger charge is -2.31. The van der Waals surface area contributed by atoms with Crippen molar-refractivity contribution in [3.63, 3.8) is 0 Å². The van der Waals surface area contributed by atoms with Gasteiger partial charge in [-0.05, 0) is 71.2 Å². The number of nitrogens with one attached hydrogen (secondary N) is 1. The first-order chi connectivity index (χ1) is 15.4. The van der Waals surface area contributed by atoms with E-state index >= 15 is 0 Å². The number of ether oxygens (including phenoxy) is 2. The van der Waals surface area contributed by atoms with Gasteiger partial charge in [0, 0.05) is 30.5 Å². The highest BCUT2D eigenvalue weighted by atomic mass is 35.5. The summed E-state index contributed by atoms with van der Waals surface area (Å²) in [4.78, 5) is 35.1. The van der Waals surface area contributed by atoms with Gasteiger partial charge < -0.3 is 19.7 Å². The fraction of sp³-hybridized carbons (Fsp3) is 0.500. The molecule has 2 heterocycles. The number of amides is 1. The zero-order valence-electron chi connectivity index (χ0n) is 20.0. The number of fused-ring (bicyclic) bond motifs is 1. The van der Waals surface area contributed by atoms with Gasteiger partial charge >= 0.3 is 12.1 Å². The Labute approximate surface area is 199 Å². The molecule has 3 rings (SSSR count). The van der Waals surface area contributed by atoms with E-state index in [0.29, 0.717) is 24.6 Å². The highest BCUT2D eigenvalue weighted by Crippen LogP contribution is 2.31. The molecule has 0 radical (unpaired) electrons. The van der Waals surface area contributed by atoms with Gasteiger partial charge in [0.1, 0.15) is 10.8 Å². The second-order valence-electron chi connectivity index (χ2n) is 9.50. The molecule has 1 aromatic heterocycles. The zero-order chi connectivity index (χ0) is 24.4. The van der Waals surface area contributed by atoms with E-state index in [2.05, 4.69) is 15.3 Å². The fourth-order valence-electron chi connectivity index (χ4n) is 3.51. The molecule has 178 valence electrons. The monoisotopic (exact) mass is 474 g/mol. The standard InChI is InChI=1S/C24H31ClN4O4/c1-7-32-20(30)24(5,6)18-13-26-21(28-19(18)25)27-17-9-8-15-10-11-29(14-16(15)12-17)22(31)33-23(2,3)4/h8-9,12-13H,7,10-11,14H2,1-6H3,(H,26,27,28). The van der Waals surface area contributed by atoms with E-state index < -0.39 is 11.0 Å². The van der Waals surface area contributed by atoms with Crippen LogP contribution in [0.15, 0.2) is 24.4 Å². The third-order valence-corrected chi connectivity index (χ3v) is 5.62. The number of nitrogens with zero attached hydrogens (tertiary/aromatic N) is 3. The van der Waals surface area contributed by atoms with Gasteiger partial charge in [0.2, 0.25) is 5.95 Å². The number of carbonyl (C=O) groups is 2. The number of esters is 1. The second-order valence-corrected chi connectivity index (χ2v) is 9.86. The van der Waals surface area contributed by atoms with Crippen LogP contribution in [0, 0.1) is 0 Å². The molecule has 0 saturated heterocycles. The first-order valence-electron chi connectivity index (χ1n) is 11.0. The Morgan fingerprint density at radius 3 is 2.55 bits per heavy atom. The van der Waals surface area contributed by atoms with Crippen LogP contribution in [0.1, 0.15) is 58.2 Å². The Morgan fingerprint density at radius 2 is 1.91 bits per heavy atom. The molecule has 0 saturated carbocycles. The maximum Gasteiger partial charge on any atom is 0.410 e. The molecule has 0 aliphatic carbocycles. The van der Waals surface area contributed by atoms with Gasteiger partial charge in [0.05, 0.1) is 12.0 Å². The molecule has 0 atom stereocenters. The lowest BCUT2D eigenvalue weighted by atomic mass is 9.86. The number of halogens is 1. The van der Waals surface area contributed by atoms with Crippen molar-refractivity contribution < 1.29 is 19.1 Å². The minimum atomic E-state index is -0.970. The summed E-state index contributed by atoms with van der Waals surface area (Å²) >= 11 is 6.39. The van der Waals surface area contributed by atoms with E-state index in [4.69, 9.17) is 21.1 Å². The molecule has 2 aromatic rings. The number of hydrogen-bond donors (Lipinski definition) is 1. The average molecular weight is 475 g/mol. The van der Waals surface area contributed by atoms with Gasteiger partial charge in [0.25, 0.3) is 0 Å². The maximum atomic E-state index is 12.5. The highest BCUT2D eigenvalue weighted by Gasteiger charge is 2.34. The summed E-state index contributed by atoms with van der Waals surface area (Å²) in [7, 11) is 0. The van der Waals surface area contributed by atoms with Crippen molar-refractivity contribution in [3.8, 4) is 0 Å². The Morgan fingerprint density at radius 1 is 1.18 bits per heavy atom. The van der Waals surface area contributed by atoms with Gasteiger partial charge in [0.15, 0.2) is 0 Å². The van der Waals surface area contributed by atoms with Crippen molar-refractivity contribution in [1.29, 1.82) is 0 Å². The Bertz CT molecular complexity index is 1050. The molecule has 8 nitrogen and oxygen atoms in total. The first kappa shape index (κ1) is 24.8. The Kier molecular flexibility index (Phi) is 7.17. The largest absolute Gasteiger partial charge is 0.465 e. The van der Waals surface area contributed by atoms with Crippen molar-refractivity contribution in [2.24, 2.45) is 0 Å². The molecular weight excluding hydrogens is 444 g/mol. The molecule has 1 N–H and O–H groups in total. The van der Waals surface area contributed by atoms with Crippen molar-refractivity contribution in [3.05, 3.63) is 46.2 Å². The third kappa shape index (κ3) is 5.93. The van der Waals surface area contributed by atoms with Gasteiger partial charge in [-0.1, -0.05) is 17.7 Å². The van der Waals surface area contributed by atoms with Crippen LogP contribution in [-0.4, -0.2) is 45.7 Å². The van der Waals surface area contributed by atoms with Crippen LogP contribution < -0.4 is 5.32 Å². The minimum absolute atomic E-state index is 0.180. The molecule has 0 bridgehead atoms. The predicted octanol–water partition coefficient (Wildman–Crippen LogP) is 5.01. The summed E-state index contributed by atoms with van der Waals surface area (Å²) in [5.74, 6) is -0.0800. The summed E-state index contributed by atoms with van der Waals surface area (Å²) in [5, 5.41) is 3.33. The number of carbonyl (C=O) groups excluding carboxylic acids is 2. The predicted molar refractivity (Wildman–Crippen MR) is 127 cm³/mol. The van der Waals surface area contributed by atoms with Gasteiger partial charge in [-0.15, -0.1) is 0 Å². The Hall–Kier alpha value is -2.87. The normalized spacial score (nSPS) is 13.8. The summed E-state index contributed by atoms with van der Waals surface area (Å²) in [6.07, 6.45) is 1.98. The third-order valence-electron chi connectivity index (χ3n) is 5.33. The van der Waals surface area contributed by atoms with Crippen LogP contribution in [0.3, 0.4) is 0 Å². The average Bonchev–Trinajstić information content (AvgIpc) is 2.72. The van der Waals surface area contributed by atoms with Crippen LogP contribution >= 0.6 is 11.6 Å². The second kappa shape index (κ2) is 9.55. The summed E-state index contributed by atoms with van der Waals surface area (Å²) < 4.78 is 10.6. The van der Waals surface area contributed by atoms with E-state index in [1.807, 2.05) is 39.0 Å². The number of rotatable bonds is 5. The first-order valence-corrected chi connectivity index (χ1v) is 11.4. The summed E-state index contributed by atoms with van der Waals surface area (Å²) in [6, 6.07) is 5.94. The van der Waals surface area contributed by atoms with Crippen LogP contribution in [-0.2, 0) is 32.6 Å². The van der Waals surface area contributed by atoms with Gasteiger partial charge in [-0.2, -0.15) is 0 Å². The number of aromatic nitrogens is 2. The Balaban J connectivity index is 1.75. The van der Waals surface area contributed by atoms with E-state index in [1.165, 1.54) is 11.8 Å². The van der Waals surface area contributed by atoms with Crippen LogP contribution in [0.25, 0.3) is 0 Å². The number of hydrogen-bond acceptors (Lipinski definition) is 7. The van der Waals surface area contributed by atoms with E-state index in [1.54, 1.807) is 25.7 Å². The molecule has 0 spiro atoms. The summed E-state index contributed by atoms with van der Waals surface area (Å²) in [5.41, 5.74) is 1.97. The van der Waals surface area contributed by atoms with E-state index in [-0.39, 0.29) is 23.8 Å². The fourth-order valence-corrected chi connectivity index (χ4v) is 3.87. The molecular formula is C24H31ClN4O4. The minimum Gasteiger partial charge on any atom is -0.465 e. The van der Waals surface area contributed by atoms with Crippen LogP contribution in [0.4, 0.5) is 16.4 Å². The molecule has 1 aliphatic heterocycles. The van der Waals surface area contributed by atoms with Crippen molar-refractivity contribution in [2.75, 3.05) is 18.5 Å². The molecule has 0 fully saturated rings. The van der Waals surface area contributed by atoms with Crippen molar-refractivity contribution in [1.82, 2.24) is 14.9 Å². The molecule has 0 unspecified atom stereocenters. The highest BCUT2D eigenvalue weighted by molar-refractivity contribution is 6.30. The SMILES string of the molecule is CCOC(=O)C(C)(C)c1cnc(Nc2ccc3c(c2)CN(C(=O)OC(C)(C)C)CC3)nc1Cl. The maximum absolute atomic E-state index is 12.5. The van der Waals surface area contributed by atoms with Crippen molar-refractivity contribution >= 4 is 35.3 Å². The number of benzene rings is 1. The van der Waals surface area contributed by atoms with Crippen LogP contribution in [0.2, 0.25) is 5.15 Å². The smallest absolute Gasteiger partial charge is 0.410 e. The lowest BCUT2D eigenvalue weighted by molar-refractivity contribution is -0.148. The number of anilines is 2. The zero-order valence-corrected chi connectivity index (χ0v) is 20.7.